The summed E-state index contributed by atoms with van der Waals surface area (Å²) in [6, 6.07) is 0.902. The van der Waals surface area contributed by atoms with Gasteiger partial charge in [0.25, 0.3) is 0 Å². The standard InChI is InChI=1S/C15H31N/c1-5-16(13-9-12-15(2,3)4)14-10-7-6-8-11-14/h14H,5-13H2,1-4H3. The Balaban J connectivity index is 2.25. The van der Waals surface area contributed by atoms with Gasteiger partial charge in [-0.1, -0.05) is 47.0 Å². The molecule has 96 valence electrons. The van der Waals surface area contributed by atoms with Crippen molar-refractivity contribution in [1.82, 2.24) is 4.90 Å². The van der Waals surface area contributed by atoms with Crippen LogP contribution in [-0.4, -0.2) is 24.0 Å². The first kappa shape index (κ1) is 14.0. The van der Waals surface area contributed by atoms with Crippen LogP contribution in [0.25, 0.3) is 0 Å². The maximum Gasteiger partial charge on any atom is 0.00951 e. The lowest BCUT2D eigenvalue weighted by Crippen LogP contribution is -2.37. The predicted molar refractivity (Wildman–Crippen MR) is 72.8 cm³/mol. The highest BCUT2D eigenvalue weighted by Gasteiger charge is 2.20. The van der Waals surface area contributed by atoms with E-state index in [4.69, 9.17) is 0 Å². The smallest absolute Gasteiger partial charge is 0.00951 e. The molecule has 16 heavy (non-hydrogen) atoms. The maximum atomic E-state index is 2.73. The molecule has 1 fully saturated rings. The third-order valence-corrected chi connectivity index (χ3v) is 3.87. The molecule has 0 spiro atoms. The zero-order valence-corrected chi connectivity index (χ0v) is 11.9. The second kappa shape index (κ2) is 6.64. The molecule has 0 aromatic rings. The van der Waals surface area contributed by atoms with E-state index >= 15 is 0 Å². The molecule has 1 nitrogen and oxygen atoms in total. The van der Waals surface area contributed by atoms with Crippen LogP contribution in [0.1, 0.15) is 72.6 Å². The second-order valence-electron chi connectivity index (χ2n) is 6.58. The van der Waals surface area contributed by atoms with Gasteiger partial charge < -0.3 is 4.90 Å². The van der Waals surface area contributed by atoms with E-state index in [9.17, 15) is 0 Å². The van der Waals surface area contributed by atoms with Gasteiger partial charge in [0, 0.05) is 6.04 Å². The van der Waals surface area contributed by atoms with Gasteiger partial charge in [0.05, 0.1) is 0 Å². The summed E-state index contributed by atoms with van der Waals surface area (Å²) in [7, 11) is 0. The van der Waals surface area contributed by atoms with Crippen molar-refractivity contribution >= 4 is 0 Å². The van der Waals surface area contributed by atoms with Crippen molar-refractivity contribution < 1.29 is 0 Å². The van der Waals surface area contributed by atoms with Crippen molar-refractivity contribution in [3.05, 3.63) is 0 Å². The summed E-state index contributed by atoms with van der Waals surface area (Å²) >= 11 is 0. The van der Waals surface area contributed by atoms with Gasteiger partial charge >= 0.3 is 0 Å². The second-order valence-corrected chi connectivity index (χ2v) is 6.58. The normalized spacial score (nSPS) is 19.3. The fourth-order valence-electron chi connectivity index (χ4n) is 2.86. The van der Waals surface area contributed by atoms with Crippen LogP contribution < -0.4 is 0 Å². The fourth-order valence-corrected chi connectivity index (χ4v) is 2.86. The van der Waals surface area contributed by atoms with E-state index in [1.54, 1.807) is 0 Å². The zero-order chi connectivity index (χ0) is 12.0. The Morgan fingerprint density at radius 3 is 2.19 bits per heavy atom. The van der Waals surface area contributed by atoms with Crippen LogP contribution in [0.15, 0.2) is 0 Å². The predicted octanol–water partition coefficient (Wildman–Crippen LogP) is 4.47. The number of nitrogens with zero attached hydrogens (tertiary/aromatic N) is 1. The van der Waals surface area contributed by atoms with Crippen molar-refractivity contribution in [1.29, 1.82) is 0 Å². The quantitative estimate of drug-likeness (QED) is 0.667. The van der Waals surface area contributed by atoms with E-state index in [0.29, 0.717) is 5.41 Å². The number of rotatable bonds is 5. The molecule has 0 N–H and O–H groups in total. The molecule has 0 atom stereocenters. The van der Waals surface area contributed by atoms with Gasteiger partial charge in [0.1, 0.15) is 0 Å². The van der Waals surface area contributed by atoms with Crippen LogP contribution in [-0.2, 0) is 0 Å². The van der Waals surface area contributed by atoms with E-state index in [1.807, 2.05) is 0 Å². The van der Waals surface area contributed by atoms with Crippen molar-refractivity contribution in [2.24, 2.45) is 5.41 Å². The first-order valence-corrected chi connectivity index (χ1v) is 7.27. The molecular weight excluding hydrogens is 194 g/mol. The zero-order valence-electron chi connectivity index (χ0n) is 11.9. The van der Waals surface area contributed by atoms with Gasteiger partial charge in [0.2, 0.25) is 0 Å². The molecule has 0 aromatic carbocycles. The summed E-state index contributed by atoms with van der Waals surface area (Å²) in [4.78, 5) is 2.73. The molecule has 1 aliphatic carbocycles. The Morgan fingerprint density at radius 2 is 1.69 bits per heavy atom. The van der Waals surface area contributed by atoms with Crippen molar-refractivity contribution in [2.75, 3.05) is 13.1 Å². The van der Waals surface area contributed by atoms with Crippen LogP contribution >= 0.6 is 0 Å². The first-order chi connectivity index (χ1) is 7.53. The highest BCUT2D eigenvalue weighted by Crippen LogP contribution is 2.24. The highest BCUT2D eigenvalue weighted by molar-refractivity contribution is 4.75. The fraction of sp³-hybridized carbons (Fsp3) is 1.00. The lowest BCUT2D eigenvalue weighted by molar-refractivity contribution is 0.155. The molecule has 0 saturated heterocycles. The Labute approximate surface area is 103 Å². The van der Waals surface area contributed by atoms with Crippen LogP contribution in [0.4, 0.5) is 0 Å². The van der Waals surface area contributed by atoms with Crippen LogP contribution in [0.5, 0.6) is 0 Å². The summed E-state index contributed by atoms with van der Waals surface area (Å²) in [6.45, 7) is 11.9. The van der Waals surface area contributed by atoms with Gasteiger partial charge in [-0.3, -0.25) is 0 Å². The molecule has 1 rings (SSSR count). The molecule has 1 heteroatoms. The largest absolute Gasteiger partial charge is 0.301 e. The third kappa shape index (κ3) is 5.34. The molecule has 0 heterocycles. The summed E-state index contributed by atoms with van der Waals surface area (Å²) in [5.74, 6) is 0. The van der Waals surface area contributed by atoms with Crippen LogP contribution in [0, 0.1) is 5.41 Å². The molecule has 0 amide bonds. The van der Waals surface area contributed by atoms with E-state index in [-0.39, 0.29) is 0 Å². The van der Waals surface area contributed by atoms with Gasteiger partial charge in [-0.15, -0.1) is 0 Å². The van der Waals surface area contributed by atoms with Crippen molar-refractivity contribution in [2.45, 2.75) is 78.7 Å². The summed E-state index contributed by atoms with van der Waals surface area (Å²) < 4.78 is 0. The van der Waals surface area contributed by atoms with Crippen LogP contribution in [0.3, 0.4) is 0 Å². The average molecular weight is 225 g/mol. The Kier molecular flexibility index (Phi) is 5.82. The molecule has 1 saturated carbocycles. The van der Waals surface area contributed by atoms with Crippen molar-refractivity contribution in [3.63, 3.8) is 0 Å². The van der Waals surface area contributed by atoms with Gasteiger partial charge in [-0.2, -0.15) is 0 Å². The van der Waals surface area contributed by atoms with E-state index < -0.39 is 0 Å². The lowest BCUT2D eigenvalue weighted by Gasteiger charge is -2.34. The monoisotopic (exact) mass is 225 g/mol. The minimum Gasteiger partial charge on any atom is -0.301 e. The number of hydrogen-bond acceptors (Lipinski definition) is 1. The van der Waals surface area contributed by atoms with Gasteiger partial charge in [-0.25, -0.2) is 0 Å². The maximum absolute atomic E-state index is 2.73. The van der Waals surface area contributed by atoms with E-state index in [2.05, 4.69) is 32.6 Å². The van der Waals surface area contributed by atoms with Gasteiger partial charge in [-0.05, 0) is 44.2 Å². The molecule has 0 bridgehead atoms. The first-order valence-electron chi connectivity index (χ1n) is 7.27. The molecule has 0 aliphatic heterocycles. The third-order valence-electron chi connectivity index (χ3n) is 3.87. The Hall–Kier alpha value is -0.0400. The highest BCUT2D eigenvalue weighted by atomic mass is 15.1. The molecule has 0 unspecified atom stereocenters. The van der Waals surface area contributed by atoms with Gasteiger partial charge in [0.15, 0.2) is 0 Å². The van der Waals surface area contributed by atoms with Crippen LogP contribution in [0.2, 0.25) is 0 Å². The lowest BCUT2D eigenvalue weighted by atomic mass is 9.90. The SMILES string of the molecule is CCN(CCCC(C)(C)C)C1CCCCC1. The molecule has 0 aromatic heterocycles. The summed E-state index contributed by atoms with van der Waals surface area (Å²) in [5.41, 5.74) is 0.506. The minimum atomic E-state index is 0.506. The molecule has 1 aliphatic rings. The summed E-state index contributed by atoms with van der Waals surface area (Å²) in [5, 5.41) is 0. The molecule has 0 radical (unpaired) electrons. The summed E-state index contributed by atoms with van der Waals surface area (Å²) in [6.07, 6.45) is 10.0. The number of hydrogen-bond donors (Lipinski definition) is 0. The topological polar surface area (TPSA) is 3.24 Å². The average Bonchev–Trinajstić information content (AvgIpc) is 2.24. The van der Waals surface area contributed by atoms with E-state index in [1.165, 1.54) is 58.0 Å². The Morgan fingerprint density at radius 1 is 1.06 bits per heavy atom. The van der Waals surface area contributed by atoms with E-state index in [0.717, 1.165) is 6.04 Å². The van der Waals surface area contributed by atoms with Crippen molar-refractivity contribution in [3.8, 4) is 0 Å². The minimum absolute atomic E-state index is 0.506. The Bertz CT molecular complexity index is 174. The molecular formula is C15H31N.